The van der Waals surface area contributed by atoms with E-state index in [0.29, 0.717) is 24.1 Å². The van der Waals surface area contributed by atoms with Crippen LogP contribution in [0.25, 0.3) is 0 Å². The van der Waals surface area contributed by atoms with E-state index in [4.69, 9.17) is 5.11 Å². The molecule has 0 saturated heterocycles. The lowest BCUT2D eigenvalue weighted by atomic mass is 9.85. The van der Waals surface area contributed by atoms with E-state index in [1.165, 1.54) is 6.20 Å². The van der Waals surface area contributed by atoms with E-state index in [1.807, 2.05) is 0 Å². The second-order valence-electron chi connectivity index (χ2n) is 4.69. The number of anilines is 1. The molecule has 0 saturated carbocycles. The third kappa shape index (κ3) is 2.19. The molecule has 2 aromatic rings. The zero-order valence-electron chi connectivity index (χ0n) is 11.2. The van der Waals surface area contributed by atoms with Crippen LogP contribution in [0.2, 0.25) is 0 Å². The highest BCUT2D eigenvalue weighted by molar-refractivity contribution is 6.29. The fourth-order valence-corrected chi connectivity index (χ4v) is 2.36. The van der Waals surface area contributed by atoms with Gasteiger partial charge in [0.25, 0.3) is 0 Å². The van der Waals surface area contributed by atoms with Gasteiger partial charge in [-0.25, -0.2) is 0 Å². The molecule has 3 rings (SSSR count). The first-order valence-corrected chi connectivity index (χ1v) is 6.63. The molecule has 21 heavy (non-hydrogen) atoms. The predicted octanol–water partition coefficient (Wildman–Crippen LogP) is 1.05. The van der Waals surface area contributed by atoms with Crippen molar-refractivity contribution in [1.82, 2.24) is 10.2 Å². The number of carbonyl (C=O) groups excluding carboxylic acids is 2. The van der Waals surface area contributed by atoms with E-state index in [9.17, 15) is 9.59 Å². The highest BCUT2D eigenvalue weighted by Crippen LogP contribution is 2.29. The van der Waals surface area contributed by atoms with Gasteiger partial charge in [-0.1, -0.05) is 24.3 Å². The van der Waals surface area contributed by atoms with Gasteiger partial charge < -0.3 is 10.4 Å². The van der Waals surface area contributed by atoms with Gasteiger partial charge in [0.1, 0.15) is 0 Å². The van der Waals surface area contributed by atoms with Crippen molar-refractivity contribution in [3.05, 3.63) is 52.7 Å². The van der Waals surface area contributed by atoms with Crippen molar-refractivity contribution in [3.63, 3.8) is 0 Å². The summed E-state index contributed by atoms with van der Waals surface area (Å²) in [7, 11) is 0. The molecule has 0 unspecified atom stereocenters. The van der Waals surface area contributed by atoms with Gasteiger partial charge in [0.2, 0.25) is 0 Å². The standard InChI is InChI=1S/C15H13N3O3/c19-7-3-6-16-15-12-11(8-17-18-15)13(20)9-4-1-2-5-10(9)14(12)21/h1-2,4-5,8,19H,3,6-7H2,(H,16,18). The number of rotatable bonds is 4. The first kappa shape index (κ1) is 13.4. The van der Waals surface area contributed by atoms with Gasteiger partial charge in [0, 0.05) is 24.3 Å². The number of fused-ring (bicyclic) bond motifs is 2. The minimum absolute atomic E-state index is 0.0329. The lowest BCUT2D eigenvalue weighted by Crippen LogP contribution is -2.24. The van der Waals surface area contributed by atoms with Crippen molar-refractivity contribution in [2.45, 2.75) is 6.42 Å². The molecule has 1 aromatic carbocycles. The molecular weight excluding hydrogens is 270 g/mol. The average molecular weight is 283 g/mol. The van der Waals surface area contributed by atoms with Crippen LogP contribution in [0.3, 0.4) is 0 Å². The molecule has 6 nitrogen and oxygen atoms in total. The maximum Gasteiger partial charge on any atom is 0.198 e. The van der Waals surface area contributed by atoms with Crippen molar-refractivity contribution >= 4 is 17.4 Å². The molecule has 1 heterocycles. The number of nitrogens with zero attached hydrogens (tertiary/aromatic N) is 2. The molecule has 106 valence electrons. The molecule has 0 radical (unpaired) electrons. The topological polar surface area (TPSA) is 92.2 Å². The Bertz CT molecular complexity index is 728. The maximum absolute atomic E-state index is 12.6. The minimum atomic E-state index is -0.235. The van der Waals surface area contributed by atoms with Gasteiger partial charge in [-0.3, -0.25) is 9.59 Å². The van der Waals surface area contributed by atoms with E-state index in [2.05, 4.69) is 15.5 Å². The monoisotopic (exact) mass is 283 g/mol. The van der Waals surface area contributed by atoms with Gasteiger partial charge >= 0.3 is 0 Å². The summed E-state index contributed by atoms with van der Waals surface area (Å²) in [5.74, 6) is -0.171. The van der Waals surface area contributed by atoms with Crippen LogP contribution in [0.5, 0.6) is 0 Å². The molecule has 0 atom stereocenters. The number of aliphatic hydroxyl groups is 1. The maximum atomic E-state index is 12.6. The second-order valence-corrected chi connectivity index (χ2v) is 4.69. The zero-order chi connectivity index (χ0) is 14.8. The van der Waals surface area contributed by atoms with Gasteiger partial charge in [-0.15, -0.1) is 5.10 Å². The third-order valence-electron chi connectivity index (χ3n) is 3.37. The van der Waals surface area contributed by atoms with Crippen LogP contribution in [0.1, 0.15) is 38.3 Å². The highest BCUT2D eigenvalue weighted by Gasteiger charge is 2.32. The Morgan fingerprint density at radius 1 is 1.05 bits per heavy atom. The summed E-state index contributed by atoms with van der Waals surface area (Å²) in [4.78, 5) is 25.0. The Balaban J connectivity index is 2.08. The Morgan fingerprint density at radius 3 is 2.48 bits per heavy atom. The highest BCUT2D eigenvalue weighted by atomic mass is 16.3. The smallest absolute Gasteiger partial charge is 0.198 e. The van der Waals surface area contributed by atoms with Crippen molar-refractivity contribution in [1.29, 1.82) is 0 Å². The molecule has 6 heteroatoms. The molecule has 1 aromatic heterocycles. The first-order chi connectivity index (χ1) is 10.2. The van der Waals surface area contributed by atoms with Crippen LogP contribution in [0, 0.1) is 0 Å². The van der Waals surface area contributed by atoms with E-state index >= 15 is 0 Å². The molecule has 0 fully saturated rings. The number of aliphatic hydroxyl groups excluding tert-OH is 1. The SMILES string of the molecule is O=C1c2ccccc2C(=O)c2c1cnnc2NCCCO. The van der Waals surface area contributed by atoms with Gasteiger partial charge in [-0.2, -0.15) is 5.10 Å². The molecule has 0 spiro atoms. The number of benzene rings is 1. The summed E-state index contributed by atoms with van der Waals surface area (Å²) in [6, 6.07) is 6.72. The Labute approximate surface area is 120 Å². The fourth-order valence-electron chi connectivity index (χ4n) is 2.36. The Kier molecular flexibility index (Phi) is 3.45. The van der Waals surface area contributed by atoms with Crippen molar-refractivity contribution < 1.29 is 14.7 Å². The molecule has 1 aliphatic rings. The summed E-state index contributed by atoms with van der Waals surface area (Å²) in [5.41, 5.74) is 1.30. The fraction of sp³-hybridized carbons (Fsp3) is 0.200. The third-order valence-corrected chi connectivity index (χ3v) is 3.37. The van der Waals surface area contributed by atoms with E-state index in [1.54, 1.807) is 24.3 Å². The number of ketones is 2. The van der Waals surface area contributed by atoms with Crippen molar-refractivity contribution in [2.24, 2.45) is 0 Å². The molecule has 0 bridgehead atoms. The predicted molar refractivity (Wildman–Crippen MR) is 75.5 cm³/mol. The van der Waals surface area contributed by atoms with E-state index in [-0.39, 0.29) is 35.1 Å². The van der Waals surface area contributed by atoms with Crippen LogP contribution in [0.15, 0.2) is 30.5 Å². The number of hydrogen-bond donors (Lipinski definition) is 2. The zero-order valence-corrected chi connectivity index (χ0v) is 11.2. The van der Waals surface area contributed by atoms with Gasteiger partial charge in [-0.05, 0) is 6.42 Å². The molecule has 2 N–H and O–H groups in total. The largest absolute Gasteiger partial charge is 0.396 e. The van der Waals surface area contributed by atoms with Crippen LogP contribution in [-0.2, 0) is 0 Å². The lowest BCUT2D eigenvalue weighted by molar-refractivity contribution is 0.0978. The van der Waals surface area contributed by atoms with Crippen LogP contribution in [0.4, 0.5) is 5.82 Å². The van der Waals surface area contributed by atoms with E-state index < -0.39 is 0 Å². The number of carbonyl (C=O) groups is 2. The molecular formula is C15H13N3O3. The summed E-state index contributed by atoms with van der Waals surface area (Å²) < 4.78 is 0. The quantitative estimate of drug-likeness (QED) is 0.695. The summed E-state index contributed by atoms with van der Waals surface area (Å²) >= 11 is 0. The summed E-state index contributed by atoms with van der Waals surface area (Å²) in [5, 5.41) is 19.5. The molecule has 0 aliphatic heterocycles. The van der Waals surface area contributed by atoms with Gasteiger partial charge in [0.05, 0.1) is 17.3 Å². The normalized spacial score (nSPS) is 12.8. The average Bonchev–Trinajstić information content (AvgIpc) is 2.53. The van der Waals surface area contributed by atoms with Gasteiger partial charge in [0.15, 0.2) is 17.4 Å². The second kappa shape index (κ2) is 5.41. The first-order valence-electron chi connectivity index (χ1n) is 6.63. The van der Waals surface area contributed by atoms with Crippen molar-refractivity contribution in [2.75, 3.05) is 18.5 Å². The van der Waals surface area contributed by atoms with Crippen LogP contribution >= 0.6 is 0 Å². The summed E-state index contributed by atoms with van der Waals surface area (Å²) in [6.07, 6.45) is 1.84. The lowest BCUT2D eigenvalue weighted by Gasteiger charge is -2.18. The number of hydrogen-bond acceptors (Lipinski definition) is 6. The molecule has 1 aliphatic carbocycles. The van der Waals surface area contributed by atoms with E-state index in [0.717, 1.165) is 0 Å². The molecule has 0 amide bonds. The van der Waals surface area contributed by atoms with Crippen molar-refractivity contribution in [3.8, 4) is 0 Å². The van der Waals surface area contributed by atoms with Crippen LogP contribution in [-0.4, -0.2) is 40.0 Å². The Hall–Kier alpha value is -2.60. The summed E-state index contributed by atoms with van der Waals surface area (Å²) in [6.45, 7) is 0.482. The Morgan fingerprint density at radius 2 is 1.76 bits per heavy atom. The minimum Gasteiger partial charge on any atom is -0.396 e. The van der Waals surface area contributed by atoms with Crippen LogP contribution < -0.4 is 5.32 Å². The number of nitrogens with one attached hydrogen (secondary N) is 1. The number of aromatic nitrogens is 2.